The van der Waals surface area contributed by atoms with E-state index in [9.17, 15) is 13.2 Å². The first-order chi connectivity index (χ1) is 12.5. The van der Waals surface area contributed by atoms with Gasteiger partial charge in [0.05, 0.1) is 12.5 Å². The minimum absolute atomic E-state index is 0.0785. The Kier molecular flexibility index (Phi) is 6.06. The molecule has 0 spiro atoms. The summed E-state index contributed by atoms with van der Waals surface area (Å²) in [5, 5.41) is 0. The third kappa shape index (κ3) is 5.41. The highest BCUT2D eigenvalue weighted by Crippen LogP contribution is 2.35. The van der Waals surface area contributed by atoms with E-state index in [1.165, 1.54) is 0 Å². The van der Waals surface area contributed by atoms with Gasteiger partial charge in [0, 0.05) is 0 Å². The van der Waals surface area contributed by atoms with Gasteiger partial charge in [-0.3, -0.25) is 8.98 Å². The molecule has 1 aliphatic rings. The zero-order valence-corrected chi connectivity index (χ0v) is 15.2. The Balaban J connectivity index is 1.36. The molecule has 1 saturated carbocycles. The molecule has 0 heterocycles. The zero-order chi connectivity index (χ0) is 18.4. The first-order valence-electron chi connectivity index (χ1n) is 8.63. The molecule has 26 heavy (non-hydrogen) atoms. The lowest BCUT2D eigenvalue weighted by atomic mass is 9.75. The van der Waals surface area contributed by atoms with E-state index in [2.05, 4.69) is 0 Å². The molecule has 0 radical (unpaired) electrons. The van der Waals surface area contributed by atoms with Crippen LogP contribution in [0.3, 0.4) is 0 Å². The molecule has 0 aliphatic heterocycles. The van der Waals surface area contributed by atoms with Gasteiger partial charge in [-0.25, -0.2) is 0 Å². The zero-order valence-electron chi connectivity index (χ0n) is 14.4. The molecule has 1 aliphatic carbocycles. The highest BCUT2D eigenvalue weighted by Gasteiger charge is 2.36. The maximum atomic E-state index is 12.0. The van der Waals surface area contributed by atoms with Crippen molar-refractivity contribution in [2.75, 3.05) is 6.61 Å². The van der Waals surface area contributed by atoms with Crippen LogP contribution in [0.5, 0.6) is 0 Å². The molecule has 138 valence electrons. The second kappa shape index (κ2) is 8.47. The van der Waals surface area contributed by atoms with E-state index in [4.69, 9.17) is 8.92 Å². The van der Waals surface area contributed by atoms with Crippen molar-refractivity contribution < 1.29 is 22.1 Å². The predicted octanol–water partition coefficient (Wildman–Crippen LogP) is 3.30. The minimum Gasteiger partial charge on any atom is -0.461 e. The second-order valence-corrected chi connectivity index (χ2v) is 8.24. The first-order valence-corrected chi connectivity index (χ1v) is 10.2. The van der Waals surface area contributed by atoms with Gasteiger partial charge in [0.1, 0.15) is 12.4 Å². The van der Waals surface area contributed by atoms with Crippen LogP contribution >= 0.6 is 0 Å². The Morgan fingerprint density at radius 1 is 0.923 bits per heavy atom. The molecular weight excluding hydrogens is 352 g/mol. The Hall–Kier alpha value is -2.18. The molecule has 0 bridgehead atoms. The SMILES string of the molecule is O=C(OCc1ccccc1)C1CC(COS(=O)(=O)Cc2ccccc2)C1. The van der Waals surface area contributed by atoms with Gasteiger partial charge in [-0.05, 0) is 29.9 Å². The fraction of sp³-hybridized carbons (Fsp3) is 0.350. The lowest BCUT2D eigenvalue weighted by molar-refractivity contribution is -0.155. The summed E-state index contributed by atoms with van der Waals surface area (Å²) in [5.41, 5.74) is 1.65. The summed E-state index contributed by atoms with van der Waals surface area (Å²) in [5.74, 6) is -0.445. The maximum Gasteiger partial charge on any atom is 0.309 e. The second-order valence-electron chi connectivity index (χ2n) is 6.60. The maximum absolute atomic E-state index is 12.0. The summed E-state index contributed by atoms with van der Waals surface area (Å²) in [7, 11) is -3.61. The van der Waals surface area contributed by atoms with Crippen molar-refractivity contribution in [2.45, 2.75) is 25.2 Å². The van der Waals surface area contributed by atoms with Gasteiger partial charge >= 0.3 is 5.97 Å². The standard InChI is InChI=1S/C20H22O5S/c21-20(24-13-16-7-3-1-4-8-16)19-11-18(12-19)14-25-26(22,23)15-17-9-5-2-6-10-17/h1-10,18-19H,11-15H2. The Labute approximate surface area is 154 Å². The highest BCUT2D eigenvalue weighted by atomic mass is 32.2. The summed E-state index contributed by atoms with van der Waals surface area (Å²) < 4.78 is 34.4. The first kappa shape index (κ1) is 18.6. The van der Waals surface area contributed by atoms with E-state index in [0.29, 0.717) is 18.4 Å². The van der Waals surface area contributed by atoms with Crippen LogP contribution in [-0.4, -0.2) is 21.0 Å². The largest absolute Gasteiger partial charge is 0.461 e. The number of esters is 1. The molecule has 6 heteroatoms. The molecule has 1 fully saturated rings. The van der Waals surface area contributed by atoms with Crippen molar-refractivity contribution >= 4 is 16.1 Å². The number of hydrogen-bond donors (Lipinski definition) is 0. The van der Waals surface area contributed by atoms with Crippen molar-refractivity contribution in [3.05, 3.63) is 71.8 Å². The molecule has 0 amide bonds. The third-order valence-electron chi connectivity index (χ3n) is 4.46. The fourth-order valence-corrected chi connectivity index (χ4v) is 4.01. The third-order valence-corrected chi connectivity index (χ3v) is 5.64. The summed E-state index contributed by atoms with van der Waals surface area (Å²) in [4.78, 5) is 12.0. The van der Waals surface area contributed by atoms with Gasteiger partial charge in [0.2, 0.25) is 0 Å². The molecular formula is C20H22O5S. The van der Waals surface area contributed by atoms with Crippen LogP contribution in [0.15, 0.2) is 60.7 Å². The molecule has 0 atom stereocenters. The molecule has 0 aromatic heterocycles. The number of carbonyl (C=O) groups is 1. The number of ether oxygens (including phenoxy) is 1. The van der Waals surface area contributed by atoms with Gasteiger partial charge in [-0.1, -0.05) is 60.7 Å². The lowest BCUT2D eigenvalue weighted by Crippen LogP contribution is -2.34. The van der Waals surface area contributed by atoms with E-state index in [-0.39, 0.29) is 36.8 Å². The van der Waals surface area contributed by atoms with Crippen molar-refractivity contribution in [1.82, 2.24) is 0 Å². The Morgan fingerprint density at radius 2 is 1.50 bits per heavy atom. The van der Waals surface area contributed by atoms with Gasteiger partial charge in [0.15, 0.2) is 0 Å². The van der Waals surface area contributed by atoms with Crippen molar-refractivity contribution in [3.63, 3.8) is 0 Å². The van der Waals surface area contributed by atoms with Crippen molar-refractivity contribution in [2.24, 2.45) is 11.8 Å². The number of carbonyl (C=O) groups excluding carboxylic acids is 1. The molecule has 5 nitrogen and oxygen atoms in total. The smallest absolute Gasteiger partial charge is 0.309 e. The van der Waals surface area contributed by atoms with Crippen LogP contribution in [0.25, 0.3) is 0 Å². The van der Waals surface area contributed by atoms with Crippen LogP contribution in [-0.2, 0) is 36.2 Å². The molecule has 2 aromatic rings. The predicted molar refractivity (Wildman–Crippen MR) is 97.5 cm³/mol. The average molecular weight is 374 g/mol. The van der Waals surface area contributed by atoms with Gasteiger partial charge < -0.3 is 4.74 Å². The molecule has 2 aromatic carbocycles. The molecule has 3 rings (SSSR count). The van der Waals surface area contributed by atoms with Gasteiger partial charge in [0.25, 0.3) is 10.1 Å². The number of hydrogen-bond acceptors (Lipinski definition) is 5. The highest BCUT2D eigenvalue weighted by molar-refractivity contribution is 7.85. The van der Waals surface area contributed by atoms with Crippen LogP contribution in [0.1, 0.15) is 24.0 Å². The minimum atomic E-state index is -3.61. The number of rotatable bonds is 8. The van der Waals surface area contributed by atoms with E-state index in [1.807, 2.05) is 36.4 Å². The van der Waals surface area contributed by atoms with E-state index in [0.717, 1.165) is 5.56 Å². The quantitative estimate of drug-likeness (QED) is 0.524. The summed E-state index contributed by atoms with van der Waals surface area (Å²) >= 11 is 0. The number of benzene rings is 2. The molecule has 0 unspecified atom stereocenters. The lowest BCUT2D eigenvalue weighted by Gasteiger charge is -2.32. The molecule has 0 N–H and O–H groups in total. The van der Waals surface area contributed by atoms with Crippen LogP contribution in [0.2, 0.25) is 0 Å². The van der Waals surface area contributed by atoms with Gasteiger partial charge in [-0.2, -0.15) is 8.42 Å². The van der Waals surface area contributed by atoms with Crippen LogP contribution in [0, 0.1) is 11.8 Å². The summed E-state index contributed by atoms with van der Waals surface area (Å²) in [6.07, 6.45) is 1.21. The van der Waals surface area contributed by atoms with E-state index < -0.39 is 10.1 Å². The summed E-state index contributed by atoms with van der Waals surface area (Å²) in [6.45, 7) is 0.389. The molecule has 0 saturated heterocycles. The topological polar surface area (TPSA) is 69.7 Å². The summed E-state index contributed by atoms with van der Waals surface area (Å²) in [6, 6.07) is 18.4. The van der Waals surface area contributed by atoms with Crippen LogP contribution < -0.4 is 0 Å². The Morgan fingerprint density at radius 3 is 2.12 bits per heavy atom. The monoisotopic (exact) mass is 374 g/mol. The normalized spacial score (nSPS) is 19.5. The van der Waals surface area contributed by atoms with E-state index >= 15 is 0 Å². The van der Waals surface area contributed by atoms with Crippen molar-refractivity contribution in [3.8, 4) is 0 Å². The van der Waals surface area contributed by atoms with E-state index in [1.54, 1.807) is 24.3 Å². The van der Waals surface area contributed by atoms with Gasteiger partial charge in [-0.15, -0.1) is 0 Å². The van der Waals surface area contributed by atoms with Crippen molar-refractivity contribution in [1.29, 1.82) is 0 Å². The van der Waals surface area contributed by atoms with Crippen LogP contribution in [0.4, 0.5) is 0 Å². The average Bonchev–Trinajstić information content (AvgIpc) is 2.60. The Bertz CT molecular complexity index is 812. The fourth-order valence-electron chi connectivity index (χ4n) is 2.93.